The minimum atomic E-state index is -0.467. The molecule has 1 aromatic carbocycles. The van der Waals surface area contributed by atoms with Crippen molar-refractivity contribution in [3.8, 4) is 0 Å². The van der Waals surface area contributed by atoms with Crippen molar-refractivity contribution in [1.82, 2.24) is 19.4 Å². The number of carbonyl (C=O) groups excluding carboxylic acids is 1. The second-order valence-corrected chi connectivity index (χ2v) is 8.39. The van der Waals surface area contributed by atoms with Gasteiger partial charge in [-0.1, -0.05) is 23.7 Å². The monoisotopic (exact) mass is 456 g/mol. The van der Waals surface area contributed by atoms with E-state index in [0.717, 1.165) is 18.7 Å². The Kier molecular flexibility index (Phi) is 6.45. The highest BCUT2D eigenvalue weighted by atomic mass is 35.5. The van der Waals surface area contributed by atoms with Gasteiger partial charge in [-0.05, 0) is 23.8 Å². The number of aromatic nitrogens is 2. The zero-order valence-corrected chi connectivity index (χ0v) is 18.8. The number of aryl methyl sites for hydroxylation is 2. The normalized spacial score (nSPS) is 14.6. The van der Waals surface area contributed by atoms with Crippen molar-refractivity contribution in [3.05, 3.63) is 78.8 Å². The van der Waals surface area contributed by atoms with E-state index >= 15 is 0 Å². The molecule has 3 heterocycles. The highest BCUT2D eigenvalue weighted by Crippen LogP contribution is 2.13. The van der Waals surface area contributed by atoms with E-state index in [1.54, 1.807) is 36.9 Å². The lowest BCUT2D eigenvalue weighted by atomic mass is 10.1. The molecule has 0 bridgehead atoms. The lowest BCUT2D eigenvalue weighted by molar-refractivity contribution is 0.0340. The van der Waals surface area contributed by atoms with Crippen molar-refractivity contribution in [2.75, 3.05) is 26.3 Å². The van der Waals surface area contributed by atoms with Crippen LogP contribution in [0.4, 0.5) is 0 Å². The Morgan fingerprint density at radius 1 is 1.12 bits per heavy atom. The first kappa shape index (κ1) is 22.3. The molecule has 0 radical (unpaired) electrons. The number of fused-ring (bicyclic) bond motifs is 1. The highest BCUT2D eigenvalue weighted by Gasteiger charge is 2.20. The van der Waals surface area contributed by atoms with Gasteiger partial charge in [0.1, 0.15) is 11.2 Å². The third-order valence-electron chi connectivity index (χ3n) is 5.71. The summed E-state index contributed by atoms with van der Waals surface area (Å²) in [5.74, 6) is -0.467. The minimum absolute atomic E-state index is 0.0323. The summed E-state index contributed by atoms with van der Waals surface area (Å²) in [5, 5.41) is 3.75. The van der Waals surface area contributed by atoms with E-state index in [0.29, 0.717) is 41.4 Å². The quantitative estimate of drug-likeness (QED) is 0.631. The van der Waals surface area contributed by atoms with E-state index in [-0.39, 0.29) is 17.7 Å². The molecule has 1 aliphatic heterocycles. The summed E-state index contributed by atoms with van der Waals surface area (Å²) >= 11 is 5.90. The zero-order valence-electron chi connectivity index (χ0n) is 18.1. The average molecular weight is 457 g/mol. The lowest BCUT2D eigenvalue weighted by Gasteiger charge is -2.26. The van der Waals surface area contributed by atoms with E-state index < -0.39 is 11.3 Å². The number of nitrogens with zero attached hydrogens (tertiary/aromatic N) is 3. The number of hydrogen-bond acceptors (Lipinski definition) is 5. The molecule has 0 aliphatic carbocycles. The Labute approximate surface area is 190 Å². The molecule has 1 N–H and O–H groups in total. The molecule has 0 atom stereocenters. The van der Waals surface area contributed by atoms with Crippen molar-refractivity contribution in [2.24, 2.45) is 14.1 Å². The van der Waals surface area contributed by atoms with E-state index in [1.807, 2.05) is 12.1 Å². The molecule has 1 aliphatic rings. The molecule has 0 unspecified atom stereocenters. The van der Waals surface area contributed by atoms with Gasteiger partial charge in [-0.25, -0.2) is 0 Å². The second-order valence-electron chi connectivity index (χ2n) is 7.95. The molecular formula is C23H25ClN4O4. The molecule has 0 spiro atoms. The van der Waals surface area contributed by atoms with E-state index in [4.69, 9.17) is 16.3 Å². The Morgan fingerprint density at radius 3 is 2.50 bits per heavy atom. The fourth-order valence-corrected chi connectivity index (χ4v) is 4.13. The fraction of sp³-hybridized carbons (Fsp3) is 0.348. The number of nitrogens with one attached hydrogen (secondary N) is 1. The summed E-state index contributed by atoms with van der Waals surface area (Å²) in [4.78, 5) is 41.1. The van der Waals surface area contributed by atoms with Gasteiger partial charge < -0.3 is 14.6 Å². The lowest BCUT2D eigenvalue weighted by Crippen LogP contribution is -2.38. The van der Waals surface area contributed by atoms with Crippen LogP contribution >= 0.6 is 11.6 Å². The number of carbonyl (C=O) groups is 1. The molecule has 32 heavy (non-hydrogen) atoms. The standard InChI is InChI=1S/C23H25ClN4O4/c1-26-14-19(21(30)25-12-15-3-5-17(24)6-4-15)20(29)18-11-16(23(31)27(2)22(18)26)13-28-7-9-32-10-8-28/h3-6,11,14H,7-10,12-13H2,1-2H3,(H,25,30). The third-order valence-corrected chi connectivity index (χ3v) is 5.96. The molecule has 4 rings (SSSR count). The van der Waals surface area contributed by atoms with Crippen molar-refractivity contribution in [2.45, 2.75) is 13.1 Å². The van der Waals surface area contributed by atoms with Crippen molar-refractivity contribution >= 4 is 28.5 Å². The van der Waals surface area contributed by atoms with Gasteiger partial charge in [0.25, 0.3) is 11.5 Å². The topological polar surface area (TPSA) is 85.6 Å². The number of ether oxygens (including phenoxy) is 1. The summed E-state index contributed by atoms with van der Waals surface area (Å²) in [6.07, 6.45) is 1.48. The van der Waals surface area contributed by atoms with Crippen LogP contribution in [0.1, 0.15) is 21.5 Å². The maximum absolute atomic E-state index is 13.2. The molecular weight excluding hydrogens is 432 g/mol. The molecule has 1 saturated heterocycles. The first-order valence-electron chi connectivity index (χ1n) is 10.4. The van der Waals surface area contributed by atoms with Crippen molar-refractivity contribution in [1.29, 1.82) is 0 Å². The molecule has 1 fully saturated rings. The van der Waals surface area contributed by atoms with Crippen molar-refractivity contribution in [3.63, 3.8) is 0 Å². The second kappa shape index (κ2) is 9.28. The predicted molar refractivity (Wildman–Crippen MR) is 123 cm³/mol. The van der Waals surface area contributed by atoms with Gasteiger partial charge in [0.15, 0.2) is 0 Å². The Balaban J connectivity index is 1.68. The summed E-state index contributed by atoms with van der Waals surface area (Å²) in [5.41, 5.74) is 1.35. The highest BCUT2D eigenvalue weighted by molar-refractivity contribution is 6.30. The average Bonchev–Trinajstić information content (AvgIpc) is 2.79. The van der Waals surface area contributed by atoms with Crippen LogP contribution in [0.25, 0.3) is 11.0 Å². The largest absolute Gasteiger partial charge is 0.379 e. The maximum atomic E-state index is 13.2. The van der Waals surface area contributed by atoms with Crippen LogP contribution in [0.5, 0.6) is 0 Å². The van der Waals surface area contributed by atoms with Crippen LogP contribution in [-0.4, -0.2) is 46.2 Å². The summed E-state index contributed by atoms with van der Waals surface area (Å²) in [7, 11) is 3.37. The fourth-order valence-electron chi connectivity index (χ4n) is 4.00. The Morgan fingerprint density at radius 2 is 1.81 bits per heavy atom. The first-order chi connectivity index (χ1) is 15.3. The molecule has 0 saturated carbocycles. The number of morpholine rings is 1. The SMILES string of the molecule is Cn1cc(C(=O)NCc2ccc(Cl)cc2)c(=O)c2cc(CN3CCOCC3)c(=O)n(C)c21. The van der Waals surface area contributed by atoms with Gasteiger partial charge in [-0.3, -0.25) is 23.9 Å². The summed E-state index contributed by atoms with van der Waals surface area (Å²) < 4.78 is 8.49. The minimum Gasteiger partial charge on any atom is -0.379 e. The maximum Gasteiger partial charge on any atom is 0.257 e. The van der Waals surface area contributed by atoms with Crippen LogP contribution < -0.4 is 16.3 Å². The smallest absolute Gasteiger partial charge is 0.257 e. The van der Waals surface area contributed by atoms with Crippen LogP contribution in [-0.2, 0) is 31.9 Å². The van der Waals surface area contributed by atoms with Gasteiger partial charge in [0, 0.05) is 57.1 Å². The van der Waals surface area contributed by atoms with Crippen LogP contribution in [0.15, 0.2) is 46.1 Å². The molecule has 1 amide bonds. The number of benzene rings is 1. The Bertz CT molecular complexity index is 1270. The molecule has 8 nitrogen and oxygen atoms in total. The predicted octanol–water partition coefficient (Wildman–Crippen LogP) is 1.65. The van der Waals surface area contributed by atoms with Crippen LogP contribution in [0.3, 0.4) is 0 Å². The Hall–Kier alpha value is -2.94. The van der Waals surface area contributed by atoms with E-state index in [2.05, 4.69) is 10.2 Å². The number of amides is 1. The van der Waals surface area contributed by atoms with Crippen molar-refractivity contribution < 1.29 is 9.53 Å². The van der Waals surface area contributed by atoms with Gasteiger partial charge in [0.05, 0.1) is 18.6 Å². The number of hydrogen-bond donors (Lipinski definition) is 1. The molecule has 3 aromatic rings. The number of halogens is 1. The first-order valence-corrected chi connectivity index (χ1v) is 10.8. The molecule has 168 valence electrons. The summed E-state index contributed by atoms with van der Waals surface area (Å²) in [6, 6.07) is 8.75. The third kappa shape index (κ3) is 4.48. The van der Waals surface area contributed by atoms with Gasteiger partial charge in [-0.2, -0.15) is 0 Å². The molecule has 9 heteroatoms. The molecule has 2 aromatic heterocycles. The number of pyridine rings is 2. The van der Waals surface area contributed by atoms with Crippen LogP contribution in [0, 0.1) is 0 Å². The van der Waals surface area contributed by atoms with Gasteiger partial charge >= 0.3 is 0 Å². The zero-order chi connectivity index (χ0) is 22.8. The summed E-state index contributed by atoms with van der Waals surface area (Å²) in [6.45, 7) is 3.40. The van der Waals surface area contributed by atoms with E-state index in [9.17, 15) is 14.4 Å². The van der Waals surface area contributed by atoms with Gasteiger partial charge in [0.2, 0.25) is 5.43 Å². The van der Waals surface area contributed by atoms with E-state index in [1.165, 1.54) is 10.8 Å². The van der Waals surface area contributed by atoms with Crippen LogP contribution in [0.2, 0.25) is 5.02 Å². The number of rotatable bonds is 5. The van der Waals surface area contributed by atoms with Gasteiger partial charge in [-0.15, -0.1) is 0 Å².